The van der Waals surface area contributed by atoms with E-state index in [1.807, 2.05) is 0 Å². The third-order valence-corrected chi connectivity index (χ3v) is 6.07. The molecule has 1 atom stereocenters. The van der Waals surface area contributed by atoms with Crippen LogP contribution in [-0.2, 0) is 24.3 Å². The standard InChI is InChI=1S/C18H21N3O6S2/c1-11(2)15(21-29(25,26)12-6-4-3-5-7-12)18(24)27-10-14(22)20-17-13(16(19)23)8-9-28-17/h3-9,11,15,21H,10H2,1-2H3,(H2,19,23)(H,20,22). The van der Waals surface area contributed by atoms with Crippen molar-refractivity contribution in [2.75, 3.05) is 11.9 Å². The number of benzene rings is 1. The number of carbonyl (C=O) groups is 3. The second-order valence-corrected chi connectivity index (χ2v) is 8.97. The van der Waals surface area contributed by atoms with E-state index in [-0.39, 0.29) is 15.5 Å². The number of ether oxygens (including phenoxy) is 1. The smallest absolute Gasteiger partial charge is 0.324 e. The lowest BCUT2D eigenvalue weighted by Crippen LogP contribution is -2.45. The first-order chi connectivity index (χ1) is 13.6. The fourth-order valence-corrected chi connectivity index (χ4v) is 4.44. The van der Waals surface area contributed by atoms with Gasteiger partial charge in [0, 0.05) is 0 Å². The molecule has 0 saturated heterocycles. The van der Waals surface area contributed by atoms with Crippen molar-refractivity contribution in [3.05, 3.63) is 47.3 Å². The van der Waals surface area contributed by atoms with Crippen LogP contribution in [-0.4, -0.2) is 38.9 Å². The van der Waals surface area contributed by atoms with Crippen LogP contribution in [0.3, 0.4) is 0 Å². The van der Waals surface area contributed by atoms with Crippen LogP contribution >= 0.6 is 11.3 Å². The molecule has 1 aromatic carbocycles. The van der Waals surface area contributed by atoms with Crippen molar-refractivity contribution in [3.63, 3.8) is 0 Å². The van der Waals surface area contributed by atoms with E-state index in [1.165, 1.54) is 18.2 Å². The molecular formula is C18H21N3O6S2. The molecule has 2 rings (SSSR count). The Morgan fingerprint density at radius 2 is 1.79 bits per heavy atom. The van der Waals surface area contributed by atoms with Crippen LogP contribution in [0.2, 0.25) is 0 Å². The average Bonchev–Trinajstić information content (AvgIpc) is 3.13. The van der Waals surface area contributed by atoms with E-state index in [4.69, 9.17) is 10.5 Å². The zero-order valence-corrected chi connectivity index (χ0v) is 17.4. The summed E-state index contributed by atoms with van der Waals surface area (Å²) in [7, 11) is -3.95. The molecule has 0 radical (unpaired) electrons. The number of sulfonamides is 1. The summed E-state index contributed by atoms with van der Waals surface area (Å²) in [6, 6.07) is 7.87. The van der Waals surface area contributed by atoms with Crippen molar-refractivity contribution >= 4 is 44.1 Å². The Balaban J connectivity index is 2.00. The van der Waals surface area contributed by atoms with Gasteiger partial charge in [0.2, 0.25) is 10.0 Å². The largest absolute Gasteiger partial charge is 0.454 e. The Hall–Kier alpha value is -2.76. The highest BCUT2D eigenvalue weighted by molar-refractivity contribution is 7.89. The molecule has 0 spiro atoms. The topological polar surface area (TPSA) is 145 Å². The number of thiophene rings is 1. The molecule has 0 aliphatic heterocycles. The van der Waals surface area contributed by atoms with Crippen molar-refractivity contribution in [1.29, 1.82) is 0 Å². The Morgan fingerprint density at radius 3 is 2.38 bits per heavy atom. The molecule has 0 bridgehead atoms. The summed E-state index contributed by atoms with van der Waals surface area (Å²) in [5.74, 6) is -2.70. The normalized spacial score (nSPS) is 12.4. The number of carbonyl (C=O) groups excluding carboxylic acids is 3. The molecule has 0 fully saturated rings. The number of hydrogen-bond acceptors (Lipinski definition) is 7. The Bertz CT molecular complexity index is 986. The number of nitrogens with one attached hydrogen (secondary N) is 2. The van der Waals surface area contributed by atoms with Crippen LogP contribution < -0.4 is 15.8 Å². The first kappa shape index (κ1) is 22.5. The van der Waals surface area contributed by atoms with Crippen LogP contribution in [0.1, 0.15) is 24.2 Å². The number of nitrogens with two attached hydrogens (primary N) is 1. The summed E-state index contributed by atoms with van der Waals surface area (Å²) >= 11 is 1.09. The molecule has 2 aromatic rings. The van der Waals surface area contributed by atoms with Crippen molar-refractivity contribution in [3.8, 4) is 0 Å². The minimum absolute atomic E-state index is 0.00729. The maximum atomic E-state index is 12.5. The predicted octanol–water partition coefficient (Wildman–Crippen LogP) is 1.33. The molecule has 29 heavy (non-hydrogen) atoms. The van der Waals surface area contributed by atoms with Crippen molar-refractivity contribution in [2.24, 2.45) is 11.7 Å². The molecule has 0 aliphatic rings. The summed E-state index contributed by atoms with van der Waals surface area (Å²) in [5, 5.41) is 4.25. The molecule has 1 heterocycles. The summed E-state index contributed by atoms with van der Waals surface area (Å²) in [6.07, 6.45) is 0. The molecule has 0 aliphatic carbocycles. The molecule has 156 valence electrons. The van der Waals surface area contributed by atoms with E-state index < -0.39 is 46.4 Å². The lowest BCUT2D eigenvalue weighted by atomic mass is 10.1. The average molecular weight is 440 g/mol. The monoisotopic (exact) mass is 439 g/mol. The van der Waals surface area contributed by atoms with Gasteiger partial charge in [0.05, 0.1) is 10.5 Å². The van der Waals surface area contributed by atoms with Crippen molar-refractivity contribution < 1.29 is 27.5 Å². The van der Waals surface area contributed by atoms with Gasteiger partial charge in [-0.15, -0.1) is 11.3 Å². The zero-order valence-electron chi connectivity index (χ0n) is 15.7. The number of hydrogen-bond donors (Lipinski definition) is 3. The first-order valence-corrected chi connectivity index (χ1v) is 10.9. The third kappa shape index (κ3) is 6.11. The quantitative estimate of drug-likeness (QED) is 0.503. The highest BCUT2D eigenvalue weighted by Crippen LogP contribution is 2.22. The molecule has 2 amide bonds. The summed E-state index contributed by atoms with van der Waals surface area (Å²) < 4.78 is 32.2. The number of primary amides is 1. The van der Waals surface area contributed by atoms with Crippen LogP contribution in [0.25, 0.3) is 0 Å². The van der Waals surface area contributed by atoms with Gasteiger partial charge in [-0.2, -0.15) is 4.72 Å². The molecule has 0 saturated carbocycles. The van der Waals surface area contributed by atoms with Gasteiger partial charge in [-0.25, -0.2) is 8.42 Å². The van der Waals surface area contributed by atoms with E-state index in [0.717, 1.165) is 11.3 Å². The van der Waals surface area contributed by atoms with Gasteiger partial charge in [-0.1, -0.05) is 32.0 Å². The Morgan fingerprint density at radius 1 is 1.14 bits per heavy atom. The highest BCUT2D eigenvalue weighted by Gasteiger charge is 2.30. The molecule has 9 nitrogen and oxygen atoms in total. The number of rotatable bonds is 9. The summed E-state index contributed by atoms with van der Waals surface area (Å²) in [5.41, 5.74) is 5.35. The fourth-order valence-electron chi connectivity index (χ4n) is 2.28. The number of anilines is 1. The Kier molecular flexibility index (Phi) is 7.48. The van der Waals surface area contributed by atoms with Crippen LogP contribution in [0.15, 0.2) is 46.7 Å². The van der Waals surface area contributed by atoms with Crippen molar-refractivity contribution in [2.45, 2.75) is 24.8 Å². The first-order valence-electron chi connectivity index (χ1n) is 8.53. The van der Waals surface area contributed by atoms with E-state index >= 15 is 0 Å². The van der Waals surface area contributed by atoms with E-state index in [0.29, 0.717) is 0 Å². The third-order valence-electron chi connectivity index (χ3n) is 3.79. The molecule has 11 heteroatoms. The molecule has 1 unspecified atom stereocenters. The van der Waals surface area contributed by atoms with Gasteiger partial charge < -0.3 is 15.8 Å². The maximum Gasteiger partial charge on any atom is 0.324 e. The predicted molar refractivity (Wildman–Crippen MR) is 108 cm³/mol. The zero-order chi connectivity index (χ0) is 21.6. The highest BCUT2D eigenvalue weighted by atomic mass is 32.2. The number of amides is 2. The van der Waals surface area contributed by atoms with E-state index in [1.54, 1.807) is 37.4 Å². The van der Waals surface area contributed by atoms with Crippen molar-refractivity contribution in [1.82, 2.24) is 4.72 Å². The second-order valence-electron chi connectivity index (χ2n) is 6.34. The van der Waals surface area contributed by atoms with Crippen LogP contribution in [0.4, 0.5) is 5.00 Å². The van der Waals surface area contributed by atoms with Crippen LogP contribution in [0, 0.1) is 5.92 Å². The van der Waals surface area contributed by atoms with Gasteiger partial charge in [0.25, 0.3) is 11.8 Å². The summed E-state index contributed by atoms with van der Waals surface area (Å²) in [6.45, 7) is 2.64. The molecular weight excluding hydrogens is 418 g/mol. The minimum atomic E-state index is -3.95. The van der Waals surface area contributed by atoms with Crippen LogP contribution in [0.5, 0.6) is 0 Å². The van der Waals surface area contributed by atoms with Gasteiger partial charge in [-0.3, -0.25) is 14.4 Å². The molecule has 4 N–H and O–H groups in total. The van der Waals surface area contributed by atoms with Gasteiger partial charge >= 0.3 is 5.97 Å². The number of esters is 1. The van der Waals surface area contributed by atoms with E-state index in [9.17, 15) is 22.8 Å². The maximum absolute atomic E-state index is 12.5. The summed E-state index contributed by atoms with van der Waals surface area (Å²) in [4.78, 5) is 35.7. The molecule has 1 aromatic heterocycles. The Labute approximate surface area is 172 Å². The van der Waals surface area contributed by atoms with Gasteiger partial charge in [0.15, 0.2) is 6.61 Å². The minimum Gasteiger partial charge on any atom is -0.454 e. The lowest BCUT2D eigenvalue weighted by Gasteiger charge is -2.20. The fraction of sp³-hybridized carbons (Fsp3) is 0.278. The van der Waals surface area contributed by atoms with Gasteiger partial charge in [0.1, 0.15) is 11.0 Å². The van der Waals surface area contributed by atoms with E-state index in [2.05, 4.69) is 10.0 Å². The second kappa shape index (κ2) is 9.63. The lowest BCUT2D eigenvalue weighted by molar-refractivity contribution is -0.150. The SMILES string of the molecule is CC(C)C(NS(=O)(=O)c1ccccc1)C(=O)OCC(=O)Nc1sccc1C(N)=O. The van der Waals surface area contributed by atoms with Gasteiger partial charge in [-0.05, 0) is 29.5 Å².